The highest BCUT2D eigenvalue weighted by atomic mass is 35.5. The molecule has 2 aromatic heterocycles. The van der Waals surface area contributed by atoms with Crippen molar-refractivity contribution in [1.82, 2.24) is 9.55 Å². The van der Waals surface area contributed by atoms with E-state index < -0.39 is 0 Å². The number of fused-ring (bicyclic) bond motifs is 1. The van der Waals surface area contributed by atoms with Gasteiger partial charge in [0.1, 0.15) is 12.6 Å². The van der Waals surface area contributed by atoms with Crippen molar-refractivity contribution in [2.24, 2.45) is 0 Å². The van der Waals surface area contributed by atoms with Crippen LogP contribution in [0.3, 0.4) is 0 Å². The fraction of sp³-hybridized carbons (Fsp3) is 0.333. The molecule has 8 heteroatoms. The quantitative estimate of drug-likeness (QED) is 0.488. The third-order valence-electron chi connectivity index (χ3n) is 4.15. The Morgan fingerprint density at radius 2 is 2.27 bits per heavy atom. The molecule has 0 saturated carbocycles. The third-order valence-corrected chi connectivity index (χ3v) is 5.49. The minimum Gasteiger partial charge on any atom is -0.467 e. The molecule has 6 nitrogen and oxygen atoms in total. The average molecular weight is 393 g/mol. The van der Waals surface area contributed by atoms with Crippen LogP contribution in [0.25, 0.3) is 10.9 Å². The summed E-state index contributed by atoms with van der Waals surface area (Å²) in [5.74, 6) is 1.39. The highest BCUT2D eigenvalue weighted by molar-refractivity contribution is 7.99. The zero-order valence-electron chi connectivity index (χ0n) is 13.9. The maximum absolute atomic E-state index is 13.0. The summed E-state index contributed by atoms with van der Waals surface area (Å²) >= 11 is 7.57. The fourth-order valence-corrected chi connectivity index (χ4v) is 4.01. The molecule has 0 spiro atoms. The number of hydrogen-bond acceptors (Lipinski definition) is 6. The van der Waals surface area contributed by atoms with E-state index in [0.29, 0.717) is 52.5 Å². The molecular formula is C18H17ClN2O4S. The molecule has 136 valence electrons. The van der Waals surface area contributed by atoms with Crippen molar-refractivity contribution in [1.29, 1.82) is 0 Å². The number of ether oxygens (including phenoxy) is 2. The molecule has 3 heterocycles. The van der Waals surface area contributed by atoms with Gasteiger partial charge in [-0.05, 0) is 36.8 Å². The lowest BCUT2D eigenvalue weighted by Crippen LogP contribution is -2.27. The zero-order valence-corrected chi connectivity index (χ0v) is 15.5. The molecule has 1 atom stereocenters. The lowest BCUT2D eigenvalue weighted by atomic mass is 10.2. The van der Waals surface area contributed by atoms with E-state index in [2.05, 4.69) is 4.98 Å². The van der Waals surface area contributed by atoms with Crippen molar-refractivity contribution in [3.8, 4) is 0 Å². The number of furan rings is 1. The maximum atomic E-state index is 13.0. The summed E-state index contributed by atoms with van der Waals surface area (Å²) in [7, 11) is 0. The summed E-state index contributed by atoms with van der Waals surface area (Å²) in [4.78, 5) is 17.7. The lowest BCUT2D eigenvalue weighted by Gasteiger charge is -2.22. The molecule has 1 aliphatic heterocycles. The minimum absolute atomic E-state index is 0.0813. The van der Waals surface area contributed by atoms with E-state index in [0.717, 1.165) is 6.42 Å². The second-order valence-corrected chi connectivity index (χ2v) is 7.36. The molecule has 0 bridgehead atoms. The molecule has 0 aliphatic carbocycles. The van der Waals surface area contributed by atoms with Crippen LogP contribution in [0, 0.1) is 0 Å². The summed E-state index contributed by atoms with van der Waals surface area (Å²) in [5.41, 5.74) is 0.479. The van der Waals surface area contributed by atoms with Crippen molar-refractivity contribution in [2.45, 2.75) is 24.2 Å². The van der Waals surface area contributed by atoms with Crippen LogP contribution in [0.1, 0.15) is 12.2 Å². The van der Waals surface area contributed by atoms with Gasteiger partial charge in [-0.3, -0.25) is 9.36 Å². The van der Waals surface area contributed by atoms with Crippen LogP contribution in [0.2, 0.25) is 5.02 Å². The standard InChI is InChI=1S/C18H17ClN2O4S/c19-12-3-4-15-16(8-12)20-18(26-10-14-5-7-23-11-25-14)21(17(15)22)9-13-2-1-6-24-13/h1-4,6,8,14H,5,7,9-11H2/t14-/m1/s1. The topological polar surface area (TPSA) is 66.5 Å². The molecule has 1 fully saturated rings. The molecule has 1 aromatic carbocycles. The first-order valence-corrected chi connectivity index (χ1v) is 9.62. The van der Waals surface area contributed by atoms with Gasteiger partial charge in [-0.15, -0.1) is 0 Å². The van der Waals surface area contributed by atoms with Gasteiger partial charge in [-0.25, -0.2) is 4.98 Å². The molecule has 26 heavy (non-hydrogen) atoms. The van der Waals surface area contributed by atoms with E-state index in [9.17, 15) is 4.79 Å². The summed E-state index contributed by atoms with van der Waals surface area (Å²) < 4.78 is 17.8. The smallest absolute Gasteiger partial charge is 0.262 e. The van der Waals surface area contributed by atoms with Crippen molar-refractivity contribution in [2.75, 3.05) is 19.2 Å². The highest BCUT2D eigenvalue weighted by Crippen LogP contribution is 2.23. The van der Waals surface area contributed by atoms with Crippen molar-refractivity contribution < 1.29 is 13.9 Å². The Kier molecular flexibility index (Phi) is 5.31. The fourth-order valence-electron chi connectivity index (χ4n) is 2.78. The Hall–Kier alpha value is -1.80. The molecule has 4 rings (SSSR count). The van der Waals surface area contributed by atoms with Gasteiger partial charge in [0.25, 0.3) is 5.56 Å². The predicted molar refractivity (Wildman–Crippen MR) is 99.9 cm³/mol. The molecule has 0 radical (unpaired) electrons. The Morgan fingerprint density at radius 1 is 1.35 bits per heavy atom. The predicted octanol–water partition coefficient (Wildman–Crippen LogP) is 3.55. The largest absolute Gasteiger partial charge is 0.467 e. The number of nitrogens with zero attached hydrogens (tertiary/aromatic N) is 2. The van der Waals surface area contributed by atoms with Gasteiger partial charge in [0, 0.05) is 10.8 Å². The molecule has 0 amide bonds. The second-order valence-electron chi connectivity index (χ2n) is 5.94. The number of halogens is 1. The van der Waals surface area contributed by atoms with Gasteiger partial charge in [0.05, 0.1) is 36.4 Å². The van der Waals surface area contributed by atoms with E-state index in [1.807, 2.05) is 6.07 Å². The van der Waals surface area contributed by atoms with Crippen LogP contribution in [-0.4, -0.2) is 34.8 Å². The van der Waals surface area contributed by atoms with Crippen LogP contribution < -0.4 is 5.56 Å². The van der Waals surface area contributed by atoms with Crippen LogP contribution in [0.15, 0.2) is 51.0 Å². The summed E-state index contributed by atoms with van der Waals surface area (Å²) in [6.45, 7) is 1.32. The van der Waals surface area contributed by atoms with Gasteiger partial charge in [0.15, 0.2) is 5.16 Å². The first kappa shape index (κ1) is 17.6. The first-order valence-electron chi connectivity index (χ1n) is 8.25. The van der Waals surface area contributed by atoms with Gasteiger partial charge >= 0.3 is 0 Å². The third kappa shape index (κ3) is 3.81. The Bertz CT molecular complexity index is 952. The zero-order chi connectivity index (χ0) is 17.9. The van der Waals surface area contributed by atoms with Gasteiger partial charge in [-0.1, -0.05) is 23.4 Å². The van der Waals surface area contributed by atoms with Crippen LogP contribution in [0.4, 0.5) is 0 Å². The van der Waals surface area contributed by atoms with Gasteiger partial charge in [0.2, 0.25) is 0 Å². The minimum atomic E-state index is -0.113. The average Bonchev–Trinajstić information content (AvgIpc) is 3.16. The molecule has 3 aromatic rings. The van der Waals surface area contributed by atoms with E-state index >= 15 is 0 Å². The van der Waals surface area contributed by atoms with Gasteiger partial charge in [-0.2, -0.15) is 0 Å². The van der Waals surface area contributed by atoms with E-state index in [4.69, 9.17) is 25.5 Å². The number of aromatic nitrogens is 2. The molecule has 0 unspecified atom stereocenters. The molecular weight excluding hydrogens is 376 g/mol. The number of benzene rings is 1. The summed E-state index contributed by atoms with van der Waals surface area (Å²) in [6, 6.07) is 8.77. The van der Waals surface area contributed by atoms with E-state index in [1.54, 1.807) is 35.1 Å². The second kappa shape index (κ2) is 7.84. The van der Waals surface area contributed by atoms with Crippen molar-refractivity contribution >= 4 is 34.3 Å². The van der Waals surface area contributed by atoms with Crippen molar-refractivity contribution in [3.63, 3.8) is 0 Å². The maximum Gasteiger partial charge on any atom is 0.262 e. The SMILES string of the molecule is O=c1c2ccc(Cl)cc2nc(SC[C@H]2CCOCO2)n1Cc1ccco1. The highest BCUT2D eigenvalue weighted by Gasteiger charge is 2.18. The molecule has 1 aliphatic rings. The number of hydrogen-bond donors (Lipinski definition) is 0. The summed E-state index contributed by atoms with van der Waals surface area (Å²) in [6.07, 6.45) is 2.50. The molecule has 0 N–H and O–H groups in total. The van der Waals surface area contributed by atoms with Crippen LogP contribution >= 0.6 is 23.4 Å². The van der Waals surface area contributed by atoms with Crippen LogP contribution in [-0.2, 0) is 16.0 Å². The summed E-state index contributed by atoms with van der Waals surface area (Å²) in [5, 5.41) is 1.71. The van der Waals surface area contributed by atoms with Crippen molar-refractivity contribution in [3.05, 3.63) is 57.7 Å². The Labute approximate surface area is 159 Å². The monoisotopic (exact) mass is 392 g/mol. The number of thioether (sulfide) groups is 1. The van der Waals surface area contributed by atoms with E-state index in [-0.39, 0.29) is 11.7 Å². The first-order chi connectivity index (χ1) is 12.7. The Balaban J connectivity index is 1.70. The van der Waals surface area contributed by atoms with E-state index in [1.165, 1.54) is 11.8 Å². The van der Waals surface area contributed by atoms with Gasteiger partial charge < -0.3 is 13.9 Å². The molecule has 1 saturated heterocycles. The lowest BCUT2D eigenvalue weighted by molar-refractivity contribution is -0.130. The Morgan fingerprint density at radius 3 is 3.04 bits per heavy atom. The normalized spacial score (nSPS) is 17.7. The number of rotatable bonds is 5. The van der Waals surface area contributed by atoms with Crippen LogP contribution in [0.5, 0.6) is 0 Å².